The number of thioether (sulfide) groups is 1. The largest absolute Gasteiger partial charge is 0.573 e. The molecule has 11 heteroatoms. The van der Waals surface area contributed by atoms with Gasteiger partial charge in [0.1, 0.15) is 5.75 Å². The summed E-state index contributed by atoms with van der Waals surface area (Å²) in [5, 5.41) is 2.31. The van der Waals surface area contributed by atoms with Gasteiger partial charge in [0.05, 0.1) is 5.75 Å². The van der Waals surface area contributed by atoms with E-state index in [1.165, 1.54) is 16.8 Å². The van der Waals surface area contributed by atoms with Crippen molar-refractivity contribution in [2.45, 2.75) is 11.4 Å². The van der Waals surface area contributed by atoms with Gasteiger partial charge >= 0.3 is 17.0 Å². The van der Waals surface area contributed by atoms with E-state index in [9.17, 15) is 22.8 Å². The predicted molar refractivity (Wildman–Crippen MR) is 67.5 cm³/mol. The second-order valence-electron chi connectivity index (χ2n) is 3.92. The van der Waals surface area contributed by atoms with Crippen LogP contribution >= 0.6 is 11.8 Å². The summed E-state index contributed by atoms with van der Waals surface area (Å²) in [5.74, 6) is -1.20. The molecule has 2 aromatic rings. The fraction of sp³-hybridized carbons (Fsp3) is 0.182. The molecule has 0 unspecified atom stereocenters. The highest BCUT2D eigenvalue weighted by atomic mass is 32.2. The van der Waals surface area contributed by atoms with Gasteiger partial charge in [-0.3, -0.25) is 9.32 Å². The van der Waals surface area contributed by atoms with Crippen LogP contribution in [0.15, 0.2) is 38.6 Å². The fourth-order valence-corrected chi connectivity index (χ4v) is 2.20. The second kappa shape index (κ2) is 6.13. The minimum Gasteiger partial charge on any atom is -0.406 e. The molecule has 0 spiro atoms. The Morgan fingerprint density at radius 1 is 1.36 bits per heavy atom. The first kappa shape index (κ1) is 15.9. The number of nitrogens with two attached hydrogens (primary N) is 1. The third-order valence-electron chi connectivity index (χ3n) is 2.29. The predicted octanol–water partition coefficient (Wildman–Crippen LogP) is 0.721. The number of halogens is 3. The van der Waals surface area contributed by atoms with Crippen molar-refractivity contribution in [3.05, 3.63) is 34.7 Å². The molecule has 1 heterocycles. The van der Waals surface area contributed by atoms with Crippen molar-refractivity contribution < 1.29 is 31.9 Å². The quantitative estimate of drug-likeness (QED) is 0.619. The summed E-state index contributed by atoms with van der Waals surface area (Å²) in [5.41, 5.74) is 4.57. The third-order valence-corrected chi connectivity index (χ3v) is 3.34. The summed E-state index contributed by atoms with van der Waals surface area (Å²) in [6.45, 7) is 0. The van der Waals surface area contributed by atoms with Crippen LogP contribution in [0.25, 0.3) is 5.69 Å². The molecule has 0 fully saturated rings. The highest BCUT2D eigenvalue weighted by Crippen LogP contribution is 2.23. The Morgan fingerprint density at radius 2 is 2.00 bits per heavy atom. The van der Waals surface area contributed by atoms with Crippen molar-refractivity contribution in [1.29, 1.82) is 0 Å². The third kappa shape index (κ3) is 4.04. The molecule has 1 amide bonds. The molecule has 2 rings (SSSR count). The molecule has 0 aliphatic rings. The van der Waals surface area contributed by atoms with E-state index in [2.05, 4.69) is 14.5 Å². The lowest BCUT2D eigenvalue weighted by atomic mass is 10.3. The number of rotatable bonds is 5. The normalized spacial score (nSPS) is 11.4. The number of nitrogens with zero attached hydrogens (tertiary/aromatic N) is 1. The number of aromatic amines is 1. The first-order valence-corrected chi connectivity index (χ1v) is 6.65. The minimum atomic E-state index is -4.79. The molecule has 0 radical (unpaired) electrons. The summed E-state index contributed by atoms with van der Waals surface area (Å²) < 4.78 is 45.7. The fourth-order valence-electron chi connectivity index (χ4n) is 1.49. The highest BCUT2D eigenvalue weighted by molar-refractivity contribution is 7.99. The molecule has 0 saturated heterocycles. The van der Waals surface area contributed by atoms with Gasteiger partial charge in [-0.2, -0.15) is 0 Å². The van der Waals surface area contributed by atoms with Gasteiger partial charge in [-0.05, 0) is 33.8 Å². The van der Waals surface area contributed by atoms with Gasteiger partial charge in [0.15, 0.2) is 0 Å². The number of primary amides is 1. The zero-order valence-corrected chi connectivity index (χ0v) is 11.5. The van der Waals surface area contributed by atoms with Crippen molar-refractivity contribution >= 4 is 17.7 Å². The Bertz CT molecular complexity index is 723. The van der Waals surface area contributed by atoms with Crippen molar-refractivity contribution in [3.8, 4) is 11.4 Å². The van der Waals surface area contributed by atoms with Crippen LogP contribution in [0.5, 0.6) is 5.75 Å². The number of H-pyrrole nitrogens is 1. The molecule has 7 nitrogen and oxygen atoms in total. The summed E-state index contributed by atoms with van der Waals surface area (Å²) in [6.07, 6.45) is -4.79. The van der Waals surface area contributed by atoms with Crippen LogP contribution in [0, 0.1) is 0 Å². The Kier molecular flexibility index (Phi) is 4.45. The molecule has 0 aliphatic heterocycles. The summed E-state index contributed by atoms with van der Waals surface area (Å²) in [7, 11) is 0. The summed E-state index contributed by atoms with van der Waals surface area (Å²) in [6, 6.07) is 4.70. The average Bonchev–Trinajstić information content (AvgIpc) is 2.77. The molecule has 1 aromatic heterocycles. The molecule has 22 heavy (non-hydrogen) atoms. The van der Waals surface area contributed by atoms with E-state index in [1.54, 1.807) is 0 Å². The van der Waals surface area contributed by atoms with E-state index in [-0.39, 0.29) is 10.8 Å². The molecule has 0 atom stereocenters. The van der Waals surface area contributed by atoms with Gasteiger partial charge < -0.3 is 10.5 Å². The second-order valence-corrected chi connectivity index (χ2v) is 4.88. The van der Waals surface area contributed by atoms with Gasteiger partial charge in [-0.25, -0.2) is 4.79 Å². The first-order valence-electron chi connectivity index (χ1n) is 5.67. The van der Waals surface area contributed by atoms with Crippen molar-refractivity contribution in [3.63, 3.8) is 0 Å². The number of carbonyl (C=O) groups is 1. The van der Waals surface area contributed by atoms with E-state index < -0.39 is 23.6 Å². The number of alkyl halides is 3. The SMILES string of the molecule is NC(=O)CSc1c(=O)o[nH][n+]1-c1ccc(OC(F)(F)F)cc1. The van der Waals surface area contributed by atoms with E-state index in [1.807, 2.05) is 0 Å². The molecule has 118 valence electrons. The number of carbonyl (C=O) groups excluding carboxylic acids is 1. The zero-order chi connectivity index (χ0) is 16.3. The van der Waals surface area contributed by atoms with Crippen LogP contribution in [0.1, 0.15) is 0 Å². The monoisotopic (exact) mass is 336 g/mol. The maximum atomic E-state index is 12.1. The first-order chi connectivity index (χ1) is 10.3. The van der Waals surface area contributed by atoms with E-state index >= 15 is 0 Å². The molecule has 3 N–H and O–H groups in total. The van der Waals surface area contributed by atoms with Gasteiger partial charge in [0.25, 0.3) is 0 Å². The molecule has 0 bridgehead atoms. The lowest BCUT2D eigenvalue weighted by molar-refractivity contribution is -0.704. The Morgan fingerprint density at radius 3 is 2.55 bits per heavy atom. The molecule has 0 saturated carbocycles. The standard InChI is InChI=1S/C11H8F3N3O4S/c12-11(13,14)20-7-3-1-6(2-4-7)17-9(10(19)21-16-17)22-5-8(15)18/h1-4H,5H2,(H2-,15,16,18,19)/p+1. The maximum absolute atomic E-state index is 12.1. The topological polar surface area (TPSA) is 102 Å². The van der Waals surface area contributed by atoms with Crippen molar-refractivity contribution in [2.75, 3.05) is 5.75 Å². The van der Waals surface area contributed by atoms with E-state index in [0.717, 1.165) is 23.9 Å². The van der Waals surface area contributed by atoms with Crippen LogP contribution in [-0.4, -0.2) is 23.3 Å². The molecular weight excluding hydrogens is 327 g/mol. The number of ether oxygens (including phenoxy) is 1. The van der Waals surface area contributed by atoms with Gasteiger partial charge in [-0.15, -0.1) is 13.2 Å². The molecular formula is C11H9F3N3O4S+. The van der Waals surface area contributed by atoms with Crippen LogP contribution < -0.4 is 20.8 Å². The Balaban J connectivity index is 2.25. The number of hydrogen-bond donors (Lipinski definition) is 2. The maximum Gasteiger partial charge on any atom is 0.573 e. The van der Waals surface area contributed by atoms with Gasteiger partial charge in [0.2, 0.25) is 11.6 Å². The van der Waals surface area contributed by atoms with Gasteiger partial charge in [-0.1, -0.05) is 0 Å². The van der Waals surface area contributed by atoms with E-state index in [0.29, 0.717) is 5.69 Å². The number of aromatic nitrogens is 2. The lowest BCUT2D eigenvalue weighted by Crippen LogP contribution is -2.36. The average molecular weight is 336 g/mol. The van der Waals surface area contributed by atoms with Crippen molar-refractivity contribution in [2.24, 2.45) is 5.73 Å². The van der Waals surface area contributed by atoms with Crippen LogP contribution in [-0.2, 0) is 4.79 Å². The van der Waals surface area contributed by atoms with Crippen LogP contribution in [0.4, 0.5) is 13.2 Å². The Hall–Kier alpha value is -2.43. The zero-order valence-electron chi connectivity index (χ0n) is 10.7. The minimum absolute atomic E-state index is 0.0308. The van der Waals surface area contributed by atoms with Crippen molar-refractivity contribution in [1.82, 2.24) is 5.27 Å². The molecule has 0 aliphatic carbocycles. The summed E-state index contributed by atoms with van der Waals surface area (Å²) in [4.78, 5) is 22.3. The smallest absolute Gasteiger partial charge is 0.406 e. The van der Waals surface area contributed by atoms with Crippen LogP contribution in [0.2, 0.25) is 0 Å². The summed E-state index contributed by atoms with van der Waals surface area (Å²) >= 11 is 0.837. The molecule has 1 aromatic carbocycles. The van der Waals surface area contributed by atoms with Crippen LogP contribution in [0.3, 0.4) is 0 Å². The number of hydrogen-bond acceptors (Lipinski definition) is 5. The van der Waals surface area contributed by atoms with E-state index in [4.69, 9.17) is 5.73 Å². The number of nitrogens with one attached hydrogen (secondary N) is 1. The Labute approximate surface area is 124 Å². The number of benzene rings is 1. The lowest BCUT2D eigenvalue weighted by Gasteiger charge is -2.07. The highest BCUT2D eigenvalue weighted by Gasteiger charge is 2.31. The number of amides is 1. The van der Waals surface area contributed by atoms with Gasteiger partial charge in [0, 0.05) is 12.1 Å².